The summed E-state index contributed by atoms with van der Waals surface area (Å²) in [5, 5.41) is 9.94. The minimum atomic E-state index is -3.77. The maximum Gasteiger partial charge on any atom is 0.297 e. The van der Waals surface area contributed by atoms with Crippen molar-refractivity contribution in [3.8, 4) is 5.75 Å². The molecule has 0 aliphatic heterocycles. The molecule has 3 aliphatic rings. The average Bonchev–Trinajstić information content (AvgIpc) is 3.03. The average molecular weight is 441 g/mol. The van der Waals surface area contributed by atoms with Gasteiger partial charge in [-0.1, -0.05) is 37.6 Å². The van der Waals surface area contributed by atoms with Gasteiger partial charge in [-0.2, -0.15) is 8.42 Å². The van der Waals surface area contributed by atoms with Crippen LogP contribution < -0.4 is 0 Å². The van der Waals surface area contributed by atoms with Gasteiger partial charge < -0.3 is 5.11 Å². The summed E-state index contributed by atoms with van der Waals surface area (Å²) in [6, 6.07) is 12.8. The van der Waals surface area contributed by atoms with Gasteiger partial charge in [0.05, 0.1) is 11.0 Å². The third-order valence-electron chi connectivity index (χ3n) is 8.52. The van der Waals surface area contributed by atoms with Gasteiger partial charge >= 0.3 is 0 Å². The third kappa shape index (κ3) is 3.41. The van der Waals surface area contributed by atoms with E-state index < -0.39 is 10.1 Å². The quantitative estimate of drug-likeness (QED) is 0.633. The number of aromatic hydroxyl groups is 1. The van der Waals surface area contributed by atoms with E-state index in [4.69, 9.17) is 4.18 Å². The van der Waals surface area contributed by atoms with Crippen LogP contribution in [0, 0.1) is 30.1 Å². The van der Waals surface area contributed by atoms with E-state index in [1.54, 1.807) is 12.1 Å². The Kier molecular flexibility index (Phi) is 4.98. The van der Waals surface area contributed by atoms with Crippen molar-refractivity contribution in [2.24, 2.45) is 23.2 Å². The zero-order valence-electron chi connectivity index (χ0n) is 18.5. The van der Waals surface area contributed by atoms with Gasteiger partial charge in [-0.3, -0.25) is 4.18 Å². The summed E-state index contributed by atoms with van der Waals surface area (Å²) < 4.78 is 32.0. The van der Waals surface area contributed by atoms with Crippen LogP contribution in [0.1, 0.15) is 62.1 Å². The molecule has 5 heteroatoms. The van der Waals surface area contributed by atoms with Crippen molar-refractivity contribution in [3.63, 3.8) is 0 Å². The molecule has 2 saturated carbocycles. The molecule has 3 aliphatic carbocycles. The Balaban J connectivity index is 1.42. The van der Waals surface area contributed by atoms with Crippen molar-refractivity contribution in [3.05, 3.63) is 59.2 Å². The largest absolute Gasteiger partial charge is 0.508 e. The van der Waals surface area contributed by atoms with Gasteiger partial charge in [-0.15, -0.1) is 0 Å². The highest BCUT2D eigenvalue weighted by Gasteiger charge is 2.57. The monoisotopic (exact) mass is 440 g/mol. The molecule has 31 heavy (non-hydrogen) atoms. The van der Waals surface area contributed by atoms with Crippen molar-refractivity contribution in [2.75, 3.05) is 0 Å². The van der Waals surface area contributed by atoms with Gasteiger partial charge in [-0.05, 0) is 104 Å². The van der Waals surface area contributed by atoms with E-state index in [9.17, 15) is 13.5 Å². The van der Waals surface area contributed by atoms with Gasteiger partial charge in [0.25, 0.3) is 10.1 Å². The van der Waals surface area contributed by atoms with Gasteiger partial charge in [-0.25, -0.2) is 0 Å². The molecule has 0 spiro atoms. The van der Waals surface area contributed by atoms with Gasteiger partial charge in [0.15, 0.2) is 0 Å². The zero-order valence-corrected chi connectivity index (χ0v) is 19.4. The summed E-state index contributed by atoms with van der Waals surface area (Å²) in [6.45, 7) is 6.53. The molecular formula is C26H32O4S. The summed E-state index contributed by atoms with van der Waals surface area (Å²) in [5.74, 6) is 2.34. The Morgan fingerprint density at radius 1 is 1.06 bits per heavy atom. The molecule has 2 aromatic rings. The Hall–Kier alpha value is -1.85. The van der Waals surface area contributed by atoms with Crippen LogP contribution in [0.4, 0.5) is 0 Å². The van der Waals surface area contributed by atoms with E-state index in [0.717, 1.165) is 37.7 Å². The number of benzene rings is 2. The lowest BCUT2D eigenvalue weighted by Crippen LogP contribution is -2.47. The van der Waals surface area contributed by atoms with Gasteiger partial charge in [0.1, 0.15) is 5.75 Å². The Labute approximate surface area is 185 Å². The van der Waals surface area contributed by atoms with Crippen LogP contribution in [0.15, 0.2) is 47.4 Å². The first-order chi connectivity index (χ1) is 14.7. The van der Waals surface area contributed by atoms with Crippen LogP contribution in [0.25, 0.3) is 0 Å². The maximum atomic E-state index is 13.0. The smallest absolute Gasteiger partial charge is 0.297 e. The van der Waals surface area contributed by atoms with Crippen LogP contribution in [-0.2, 0) is 20.7 Å². The van der Waals surface area contributed by atoms with Crippen molar-refractivity contribution in [1.29, 1.82) is 0 Å². The number of phenolic OH excluding ortho intramolecular Hbond substituents is 1. The zero-order chi connectivity index (χ0) is 22.0. The minimum Gasteiger partial charge on any atom is -0.508 e. The molecule has 0 bridgehead atoms. The number of fused-ring (bicyclic) bond motifs is 5. The Morgan fingerprint density at radius 2 is 1.81 bits per heavy atom. The second-order valence-corrected chi connectivity index (χ2v) is 11.9. The fraction of sp³-hybridized carbons (Fsp3) is 0.538. The third-order valence-corrected chi connectivity index (χ3v) is 9.86. The standard InChI is InChI=1S/C26H32O4S/c1-16-4-7-20(8-5-16)31(28,29)30-24-11-10-23-25-17(2)14-18-15-19(27)6-9-21(18)22(25)12-13-26(23,24)3/h4-9,15,17,22-25,27H,10-14H2,1-3H3. The number of phenols is 1. The van der Waals surface area contributed by atoms with E-state index in [0.29, 0.717) is 29.4 Å². The summed E-state index contributed by atoms with van der Waals surface area (Å²) in [7, 11) is -3.77. The summed E-state index contributed by atoms with van der Waals surface area (Å²) in [4.78, 5) is 0.249. The molecule has 0 aromatic heterocycles. The van der Waals surface area contributed by atoms with Crippen molar-refractivity contribution in [1.82, 2.24) is 0 Å². The molecule has 2 aromatic carbocycles. The number of hydrogen-bond acceptors (Lipinski definition) is 4. The molecule has 0 radical (unpaired) electrons. The highest BCUT2D eigenvalue weighted by atomic mass is 32.2. The normalized spacial score (nSPS) is 34.6. The molecule has 0 saturated heterocycles. The summed E-state index contributed by atoms with van der Waals surface area (Å²) >= 11 is 0. The molecule has 0 heterocycles. The SMILES string of the molecule is Cc1ccc(S(=O)(=O)OC2CCC3C4C(C)Cc5cc(O)ccc5C4CCC23C)cc1. The van der Waals surface area contributed by atoms with Crippen LogP contribution in [-0.4, -0.2) is 19.6 Å². The molecule has 2 fully saturated rings. The summed E-state index contributed by atoms with van der Waals surface area (Å²) in [6.07, 6.45) is 4.54. The number of aryl methyl sites for hydroxylation is 1. The Morgan fingerprint density at radius 3 is 2.55 bits per heavy atom. The van der Waals surface area contributed by atoms with Crippen molar-refractivity contribution in [2.45, 2.75) is 69.8 Å². The maximum absolute atomic E-state index is 13.0. The minimum absolute atomic E-state index is 0.123. The lowest BCUT2D eigenvalue weighted by molar-refractivity contribution is -0.0232. The van der Waals surface area contributed by atoms with Crippen LogP contribution in [0.2, 0.25) is 0 Å². The van der Waals surface area contributed by atoms with E-state index in [1.165, 1.54) is 11.1 Å². The van der Waals surface area contributed by atoms with Gasteiger partial charge in [0.2, 0.25) is 0 Å². The fourth-order valence-electron chi connectivity index (χ4n) is 6.99. The fourth-order valence-corrected chi connectivity index (χ4v) is 8.19. The number of hydrogen-bond donors (Lipinski definition) is 1. The van der Waals surface area contributed by atoms with E-state index in [-0.39, 0.29) is 16.4 Å². The van der Waals surface area contributed by atoms with E-state index in [2.05, 4.69) is 19.9 Å². The van der Waals surface area contributed by atoms with Crippen molar-refractivity contribution < 1.29 is 17.7 Å². The molecule has 6 unspecified atom stereocenters. The second-order valence-electron chi connectivity index (χ2n) is 10.3. The van der Waals surface area contributed by atoms with E-state index in [1.807, 2.05) is 31.2 Å². The predicted molar refractivity (Wildman–Crippen MR) is 121 cm³/mol. The first kappa shape index (κ1) is 21.0. The first-order valence-corrected chi connectivity index (χ1v) is 12.9. The molecule has 4 nitrogen and oxygen atoms in total. The van der Waals surface area contributed by atoms with Crippen LogP contribution in [0.5, 0.6) is 5.75 Å². The summed E-state index contributed by atoms with van der Waals surface area (Å²) in [5.41, 5.74) is 3.58. The van der Waals surface area contributed by atoms with Crippen LogP contribution in [0.3, 0.4) is 0 Å². The molecule has 5 rings (SSSR count). The molecular weight excluding hydrogens is 408 g/mol. The first-order valence-electron chi connectivity index (χ1n) is 11.5. The van der Waals surface area contributed by atoms with Crippen LogP contribution >= 0.6 is 0 Å². The molecule has 0 amide bonds. The highest BCUT2D eigenvalue weighted by molar-refractivity contribution is 7.86. The predicted octanol–water partition coefficient (Wildman–Crippen LogP) is 5.58. The molecule has 6 atom stereocenters. The lowest BCUT2D eigenvalue weighted by atomic mass is 9.53. The molecule has 1 N–H and O–H groups in total. The highest BCUT2D eigenvalue weighted by Crippen LogP contribution is 2.63. The topological polar surface area (TPSA) is 63.6 Å². The Bertz CT molecular complexity index is 1090. The molecule has 166 valence electrons. The van der Waals surface area contributed by atoms with E-state index >= 15 is 0 Å². The number of rotatable bonds is 3. The van der Waals surface area contributed by atoms with Crippen molar-refractivity contribution >= 4 is 10.1 Å². The lowest BCUT2D eigenvalue weighted by Gasteiger charge is -2.52. The van der Waals surface area contributed by atoms with Gasteiger partial charge in [0, 0.05) is 0 Å². The second kappa shape index (κ2) is 7.35.